The molecule has 0 saturated heterocycles. The van der Waals surface area contributed by atoms with Crippen molar-refractivity contribution in [1.82, 2.24) is 5.32 Å². The van der Waals surface area contributed by atoms with Gasteiger partial charge in [0.05, 0.1) is 12.7 Å². The lowest BCUT2D eigenvalue weighted by molar-refractivity contribution is 0.0925. The molecule has 3 nitrogen and oxygen atoms in total. The van der Waals surface area contributed by atoms with Gasteiger partial charge in [-0.05, 0) is 31.1 Å². The van der Waals surface area contributed by atoms with Gasteiger partial charge in [0.1, 0.15) is 0 Å². The van der Waals surface area contributed by atoms with E-state index in [4.69, 9.17) is 4.43 Å². The van der Waals surface area contributed by atoms with Gasteiger partial charge in [-0.3, -0.25) is 0 Å². The van der Waals surface area contributed by atoms with E-state index in [9.17, 15) is 5.11 Å². The number of aliphatic hydroxyl groups excluding tert-OH is 1. The van der Waals surface area contributed by atoms with Crippen LogP contribution < -0.4 is 5.32 Å². The average molecular weight is 261 g/mol. The maximum absolute atomic E-state index is 9.85. The van der Waals surface area contributed by atoms with E-state index >= 15 is 0 Å². The fourth-order valence-electron chi connectivity index (χ4n) is 1.14. The molecule has 17 heavy (non-hydrogen) atoms. The van der Waals surface area contributed by atoms with E-state index in [0.717, 1.165) is 13.0 Å². The summed E-state index contributed by atoms with van der Waals surface area (Å²) >= 11 is 0. The van der Waals surface area contributed by atoms with Crippen LogP contribution in [0.15, 0.2) is 0 Å². The molecule has 0 aliphatic carbocycles. The Morgan fingerprint density at radius 3 is 2.18 bits per heavy atom. The summed E-state index contributed by atoms with van der Waals surface area (Å²) in [5.41, 5.74) is 0. The van der Waals surface area contributed by atoms with Crippen molar-refractivity contribution in [3.05, 3.63) is 0 Å². The van der Waals surface area contributed by atoms with Crippen LogP contribution in [0.1, 0.15) is 41.0 Å². The van der Waals surface area contributed by atoms with Gasteiger partial charge in [0.15, 0.2) is 8.32 Å². The van der Waals surface area contributed by atoms with Gasteiger partial charge < -0.3 is 14.8 Å². The quantitative estimate of drug-likeness (QED) is 0.693. The molecular weight excluding hydrogens is 230 g/mol. The molecule has 0 radical (unpaired) electrons. The van der Waals surface area contributed by atoms with Crippen molar-refractivity contribution in [1.29, 1.82) is 0 Å². The molecule has 0 aromatic heterocycles. The summed E-state index contributed by atoms with van der Waals surface area (Å²) in [7, 11) is -1.71. The first-order chi connectivity index (χ1) is 7.56. The Kier molecular flexibility index (Phi) is 6.92. The van der Waals surface area contributed by atoms with Crippen LogP contribution in [0.3, 0.4) is 0 Å². The summed E-state index contributed by atoms with van der Waals surface area (Å²) in [6.07, 6.45) is 0.405. The van der Waals surface area contributed by atoms with Crippen LogP contribution in [0.5, 0.6) is 0 Å². The topological polar surface area (TPSA) is 41.5 Å². The van der Waals surface area contributed by atoms with Crippen molar-refractivity contribution in [3.63, 3.8) is 0 Å². The fourth-order valence-corrected chi connectivity index (χ4v) is 2.19. The van der Waals surface area contributed by atoms with Crippen LogP contribution in [-0.4, -0.2) is 38.7 Å². The smallest absolute Gasteiger partial charge is 0.192 e. The normalized spacial score (nSPS) is 15.4. The number of rotatable bonds is 7. The van der Waals surface area contributed by atoms with Crippen molar-refractivity contribution in [3.8, 4) is 0 Å². The summed E-state index contributed by atoms with van der Waals surface area (Å²) in [5, 5.41) is 13.4. The second-order valence-electron chi connectivity index (χ2n) is 6.62. The third-order valence-electron chi connectivity index (χ3n) is 3.47. The van der Waals surface area contributed by atoms with Gasteiger partial charge in [-0.2, -0.15) is 0 Å². The molecule has 0 spiro atoms. The molecule has 0 rings (SSSR count). The van der Waals surface area contributed by atoms with Crippen molar-refractivity contribution in [2.75, 3.05) is 13.2 Å². The highest BCUT2D eigenvalue weighted by Gasteiger charge is 2.37. The molecule has 0 aliphatic heterocycles. The Morgan fingerprint density at radius 1 is 1.24 bits per heavy atom. The SMILES string of the molecule is CC(C)NCC[C@H](O)CO[Si](C)(C)C(C)(C)C. The first-order valence-electron chi connectivity index (χ1n) is 6.61. The second kappa shape index (κ2) is 6.88. The highest BCUT2D eigenvalue weighted by atomic mass is 28.4. The Morgan fingerprint density at radius 2 is 1.76 bits per heavy atom. The minimum Gasteiger partial charge on any atom is -0.414 e. The maximum atomic E-state index is 9.85. The lowest BCUT2D eigenvalue weighted by Crippen LogP contribution is -2.43. The second-order valence-corrected chi connectivity index (χ2v) is 11.4. The van der Waals surface area contributed by atoms with E-state index in [1.807, 2.05) is 0 Å². The molecule has 0 amide bonds. The Balaban J connectivity index is 3.88. The molecule has 0 fully saturated rings. The molecule has 0 aromatic rings. The van der Waals surface area contributed by atoms with Crippen LogP contribution in [0, 0.1) is 0 Å². The molecule has 1 atom stereocenters. The maximum Gasteiger partial charge on any atom is 0.192 e. The predicted molar refractivity (Wildman–Crippen MR) is 76.9 cm³/mol. The monoisotopic (exact) mass is 261 g/mol. The summed E-state index contributed by atoms with van der Waals surface area (Å²) in [6, 6.07) is 0.475. The Bertz CT molecular complexity index is 212. The van der Waals surface area contributed by atoms with E-state index in [2.05, 4.69) is 53.0 Å². The van der Waals surface area contributed by atoms with Gasteiger partial charge in [0.25, 0.3) is 0 Å². The van der Waals surface area contributed by atoms with E-state index < -0.39 is 8.32 Å². The first-order valence-corrected chi connectivity index (χ1v) is 9.52. The summed E-state index contributed by atoms with van der Waals surface area (Å²) < 4.78 is 5.97. The first kappa shape index (κ1) is 17.1. The molecule has 0 bridgehead atoms. The number of hydrogen-bond donors (Lipinski definition) is 2. The van der Waals surface area contributed by atoms with Crippen molar-refractivity contribution >= 4 is 8.32 Å². The number of hydrogen-bond acceptors (Lipinski definition) is 3. The zero-order chi connectivity index (χ0) is 13.7. The average Bonchev–Trinajstić information content (AvgIpc) is 2.12. The van der Waals surface area contributed by atoms with E-state index in [-0.39, 0.29) is 11.1 Å². The van der Waals surface area contributed by atoms with Crippen LogP contribution in [0.25, 0.3) is 0 Å². The van der Waals surface area contributed by atoms with Crippen LogP contribution in [0.4, 0.5) is 0 Å². The van der Waals surface area contributed by atoms with Gasteiger partial charge in [0.2, 0.25) is 0 Å². The Labute approximate surface area is 108 Å². The molecule has 0 saturated carbocycles. The summed E-state index contributed by atoms with van der Waals surface area (Å²) in [4.78, 5) is 0. The third-order valence-corrected chi connectivity index (χ3v) is 7.97. The van der Waals surface area contributed by atoms with Crippen LogP contribution >= 0.6 is 0 Å². The minimum atomic E-state index is -1.71. The van der Waals surface area contributed by atoms with Gasteiger partial charge in [-0.15, -0.1) is 0 Å². The largest absolute Gasteiger partial charge is 0.414 e. The van der Waals surface area contributed by atoms with Crippen molar-refractivity contribution in [2.45, 2.75) is 71.3 Å². The lowest BCUT2D eigenvalue weighted by Gasteiger charge is -2.36. The van der Waals surface area contributed by atoms with Crippen LogP contribution in [-0.2, 0) is 4.43 Å². The summed E-state index contributed by atoms with van der Waals surface area (Å²) in [6.45, 7) is 16.6. The van der Waals surface area contributed by atoms with Crippen molar-refractivity contribution in [2.24, 2.45) is 0 Å². The molecule has 0 aromatic carbocycles. The van der Waals surface area contributed by atoms with Crippen LogP contribution in [0.2, 0.25) is 18.1 Å². The molecule has 0 aliphatic rings. The van der Waals surface area contributed by atoms with Gasteiger partial charge in [0, 0.05) is 6.04 Å². The molecule has 104 valence electrons. The fraction of sp³-hybridized carbons (Fsp3) is 1.00. The molecular formula is C13H31NO2Si. The summed E-state index contributed by atoms with van der Waals surface area (Å²) in [5.74, 6) is 0. The van der Waals surface area contributed by atoms with Gasteiger partial charge >= 0.3 is 0 Å². The van der Waals surface area contributed by atoms with Gasteiger partial charge in [-0.1, -0.05) is 34.6 Å². The van der Waals surface area contributed by atoms with Gasteiger partial charge in [-0.25, -0.2) is 0 Å². The lowest BCUT2D eigenvalue weighted by atomic mass is 10.2. The Hall–Kier alpha value is 0.0969. The van der Waals surface area contributed by atoms with E-state index in [1.165, 1.54) is 0 Å². The van der Waals surface area contributed by atoms with E-state index in [1.54, 1.807) is 0 Å². The standard InChI is InChI=1S/C13H31NO2Si/c1-11(2)14-9-8-12(15)10-16-17(6,7)13(3,4)5/h11-12,14-15H,8-10H2,1-7H3/t12-/m0/s1. The molecule has 4 heteroatoms. The van der Waals surface area contributed by atoms with E-state index in [0.29, 0.717) is 12.6 Å². The zero-order valence-electron chi connectivity index (χ0n) is 12.6. The third kappa shape index (κ3) is 7.19. The molecule has 0 heterocycles. The van der Waals surface area contributed by atoms with Crippen molar-refractivity contribution < 1.29 is 9.53 Å². The molecule has 2 N–H and O–H groups in total. The highest BCUT2D eigenvalue weighted by molar-refractivity contribution is 6.74. The minimum absolute atomic E-state index is 0.211. The molecule has 0 unspecified atom stereocenters. The number of nitrogens with one attached hydrogen (secondary N) is 1. The number of aliphatic hydroxyl groups is 1. The zero-order valence-corrected chi connectivity index (χ0v) is 13.6. The predicted octanol–water partition coefficient (Wildman–Crippen LogP) is 2.76. The highest BCUT2D eigenvalue weighted by Crippen LogP contribution is 2.36.